The number of para-hydroxylation sites is 1. The van der Waals surface area contributed by atoms with Crippen LogP contribution in [0.1, 0.15) is 24.5 Å². The summed E-state index contributed by atoms with van der Waals surface area (Å²) >= 11 is 0. The molecule has 0 atom stereocenters. The van der Waals surface area contributed by atoms with Crippen molar-refractivity contribution >= 4 is 17.5 Å². The Hall–Kier alpha value is -2.62. The SMILES string of the molecule is CC(=O)N(CCC(=O)N(C)c1ccccc1)Cc1ccccc1C. The summed E-state index contributed by atoms with van der Waals surface area (Å²) in [5, 5.41) is 0. The highest BCUT2D eigenvalue weighted by atomic mass is 16.2. The molecule has 0 saturated carbocycles. The van der Waals surface area contributed by atoms with Crippen LogP contribution in [-0.4, -0.2) is 30.3 Å². The summed E-state index contributed by atoms with van der Waals surface area (Å²) in [7, 11) is 1.76. The molecule has 0 aliphatic rings. The molecule has 0 heterocycles. The van der Waals surface area contributed by atoms with Gasteiger partial charge in [-0.3, -0.25) is 9.59 Å². The fourth-order valence-corrected chi connectivity index (χ4v) is 2.53. The molecule has 126 valence electrons. The average Bonchev–Trinajstić information content (AvgIpc) is 2.59. The van der Waals surface area contributed by atoms with E-state index in [1.54, 1.807) is 23.8 Å². The van der Waals surface area contributed by atoms with Crippen molar-refractivity contribution in [1.29, 1.82) is 0 Å². The summed E-state index contributed by atoms with van der Waals surface area (Å²) in [4.78, 5) is 27.6. The number of amides is 2. The van der Waals surface area contributed by atoms with E-state index in [4.69, 9.17) is 0 Å². The van der Waals surface area contributed by atoms with Crippen molar-refractivity contribution in [3.8, 4) is 0 Å². The summed E-state index contributed by atoms with van der Waals surface area (Å²) in [6.07, 6.45) is 0.302. The third-order valence-corrected chi connectivity index (χ3v) is 4.18. The molecule has 0 spiro atoms. The number of hydrogen-bond donors (Lipinski definition) is 0. The fraction of sp³-hybridized carbons (Fsp3) is 0.300. The first-order valence-corrected chi connectivity index (χ1v) is 8.10. The number of nitrogens with zero attached hydrogens (tertiary/aromatic N) is 2. The Labute approximate surface area is 143 Å². The lowest BCUT2D eigenvalue weighted by Gasteiger charge is -2.24. The molecule has 0 bridgehead atoms. The standard InChI is InChI=1S/C20H24N2O2/c1-16-9-7-8-10-18(16)15-22(17(2)23)14-13-20(24)21(3)19-11-5-4-6-12-19/h4-12H,13-15H2,1-3H3. The molecule has 0 fully saturated rings. The molecule has 0 aromatic heterocycles. The van der Waals surface area contributed by atoms with Crippen molar-refractivity contribution in [2.24, 2.45) is 0 Å². The van der Waals surface area contributed by atoms with Crippen LogP contribution in [0.25, 0.3) is 0 Å². The van der Waals surface area contributed by atoms with Gasteiger partial charge in [-0.25, -0.2) is 0 Å². The molecule has 2 rings (SSSR count). The van der Waals surface area contributed by atoms with Gasteiger partial charge in [0.05, 0.1) is 0 Å². The summed E-state index contributed by atoms with van der Waals surface area (Å²) < 4.78 is 0. The number of aryl methyl sites for hydroxylation is 1. The summed E-state index contributed by atoms with van der Waals surface area (Å²) in [5.74, 6) is -0.0225. The van der Waals surface area contributed by atoms with Crippen LogP contribution in [0.5, 0.6) is 0 Å². The first kappa shape index (κ1) is 17.7. The Morgan fingerprint density at radius 1 is 0.958 bits per heavy atom. The Bertz CT molecular complexity index is 698. The maximum Gasteiger partial charge on any atom is 0.228 e. The average molecular weight is 324 g/mol. The number of benzene rings is 2. The topological polar surface area (TPSA) is 40.6 Å². The Morgan fingerprint density at radius 2 is 1.58 bits per heavy atom. The van der Waals surface area contributed by atoms with Crippen molar-refractivity contribution in [3.05, 3.63) is 65.7 Å². The van der Waals surface area contributed by atoms with Crippen LogP contribution in [0.4, 0.5) is 5.69 Å². The minimum absolute atomic E-state index is 0.00256. The van der Waals surface area contributed by atoms with E-state index in [0.29, 0.717) is 19.5 Å². The maximum absolute atomic E-state index is 12.4. The normalized spacial score (nSPS) is 10.3. The first-order valence-electron chi connectivity index (χ1n) is 8.10. The van der Waals surface area contributed by atoms with Crippen LogP contribution in [0, 0.1) is 6.92 Å². The van der Waals surface area contributed by atoms with Gasteiger partial charge < -0.3 is 9.80 Å². The van der Waals surface area contributed by atoms with Crippen LogP contribution < -0.4 is 4.90 Å². The van der Waals surface area contributed by atoms with E-state index < -0.39 is 0 Å². The lowest BCUT2D eigenvalue weighted by molar-refractivity contribution is -0.130. The van der Waals surface area contributed by atoms with Crippen LogP contribution in [0.2, 0.25) is 0 Å². The summed E-state index contributed by atoms with van der Waals surface area (Å²) in [6.45, 7) is 4.52. The zero-order chi connectivity index (χ0) is 17.5. The van der Waals surface area contributed by atoms with Gasteiger partial charge in [0.15, 0.2) is 0 Å². The molecule has 0 saturated heterocycles. The predicted octanol–water partition coefficient (Wildman–Crippen LogP) is 3.40. The number of carbonyl (C=O) groups is 2. The van der Waals surface area contributed by atoms with Gasteiger partial charge in [-0.1, -0.05) is 42.5 Å². The Kier molecular flexibility index (Phi) is 6.13. The van der Waals surface area contributed by atoms with Crippen molar-refractivity contribution < 1.29 is 9.59 Å². The fourth-order valence-electron chi connectivity index (χ4n) is 2.53. The second-order valence-corrected chi connectivity index (χ2v) is 5.91. The summed E-state index contributed by atoms with van der Waals surface area (Å²) in [6, 6.07) is 17.5. The second kappa shape index (κ2) is 8.29. The molecule has 2 aromatic rings. The molecule has 0 aliphatic heterocycles. The molecule has 2 aromatic carbocycles. The number of rotatable bonds is 6. The van der Waals surface area contributed by atoms with Crippen molar-refractivity contribution in [1.82, 2.24) is 4.90 Å². The van der Waals surface area contributed by atoms with E-state index in [1.165, 1.54) is 0 Å². The molecule has 0 aliphatic carbocycles. The molecule has 0 N–H and O–H groups in total. The molecule has 24 heavy (non-hydrogen) atoms. The van der Waals surface area contributed by atoms with Gasteiger partial charge in [-0.15, -0.1) is 0 Å². The minimum atomic E-state index is -0.0200. The zero-order valence-electron chi connectivity index (χ0n) is 14.5. The van der Waals surface area contributed by atoms with Gasteiger partial charge >= 0.3 is 0 Å². The van der Waals surface area contributed by atoms with Gasteiger partial charge in [0, 0.05) is 39.2 Å². The lowest BCUT2D eigenvalue weighted by atomic mass is 10.1. The molecular formula is C20H24N2O2. The zero-order valence-corrected chi connectivity index (χ0v) is 14.5. The van der Waals surface area contributed by atoms with Crippen molar-refractivity contribution in [2.75, 3.05) is 18.5 Å². The number of anilines is 1. The first-order chi connectivity index (χ1) is 11.5. The maximum atomic E-state index is 12.4. The summed E-state index contributed by atoms with van der Waals surface area (Å²) in [5.41, 5.74) is 3.11. The van der Waals surface area contributed by atoms with E-state index >= 15 is 0 Å². The third kappa shape index (κ3) is 4.69. The minimum Gasteiger partial charge on any atom is -0.338 e. The molecule has 4 heteroatoms. The van der Waals surface area contributed by atoms with Crippen LogP contribution in [0.15, 0.2) is 54.6 Å². The molecule has 2 amide bonds. The second-order valence-electron chi connectivity index (χ2n) is 5.91. The smallest absolute Gasteiger partial charge is 0.228 e. The molecule has 0 unspecified atom stereocenters. The van der Waals surface area contributed by atoms with Crippen LogP contribution in [-0.2, 0) is 16.1 Å². The van der Waals surface area contributed by atoms with Gasteiger partial charge in [0.25, 0.3) is 0 Å². The molecule has 4 nitrogen and oxygen atoms in total. The largest absolute Gasteiger partial charge is 0.338 e. The van der Waals surface area contributed by atoms with Gasteiger partial charge in [-0.2, -0.15) is 0 Å². The quantitative estimate of drug-likeness (QED) is 0.817. The number of carbonyl (C=O) groups excluding carboxylic acids is 2. The Morgan fingerprint density at radius 3 is 2.21 bits per heavy atom. The Balaban J connectivity index is 1.97. The van der Waals surface area contributed by atoms with Gasteiger partial charge in [0.1, 0.15) is 0 Å². The van der Waals surface area contributed by atoms with E-state index in [9.17, 15) is 9.59 Å². The lowest BCUT2D eigenvalue weighted by Crippen LogP contribution is -2.34. The predicted molar refractivity (Wildman–Crippen MR) is 96.7 cm³/mol. The van der Waals surface area contributed by atoms with Crippen molar-refractivity contribution in [3.63, 3.8) is 0 Å². The third-order valence-electron chi connectivity index (χ3n) is 4.18. The molecule has 0 radical (unpaired) electrons. The highest BCUT2D eigenvalue weighted by Crippen LogP contribution is 2.14. The monoisotopic (exact) mass is 324 g/mol. The van der Waals surface area contributed by atoms with E-state index in [2.05, 4.69) is 0 Å². The van der Waals surface area contributed by atoms with Crippen LogP contribution in [0.3, 0.4) is 0 Å². The van der Waals surface area contributed by atoms with Gasteiger partial charge in [0.2, 0.25) is 11.8 Å². The van der Waals surface area contributed by atoms with E-state index in [1.807, 2.05) is 61.5 Å². The van der Waals surface area contributed by atoms with Crippen LogP contribution >= 0.6 is 0 Å². The van der Waals surface area contributed by atoms with Gasteiger partial charge in [-0.05, 0) is 30.2 Å². The highest BCUT2D eigenvalue weighted by Gasteiger charge is 2.15. The molecular weight excluding hydrogens is 300 g/mol. The van der Waals surface area contributed by atoms with E-state index in [-0.39, 0.29) is 11.8 Å². The van der Waals surface area contributed by atoms with E-state index in [0.717, 1.165) is 16.8 Å². The highest BCUT2D eigenvalue weighted by molar-refractivity contribution is 5.93. The van der Waals surface area contributed by atoms with Crippen molar-refractivity contribution in [2.45, 2.75) is 26.8 Å². The number of hydrogen-bond acceptors (Lipinski definition) is 2.